The van der Waals surface area contributed by atoms with Crippen molar-refractivity contribution in [3.05, 3.63) is 76.7 Å². The SMILES string of the molecule is CCCCC(C)C(C)n1c(C)c(C2=C(O)C(=C3C(C)=[N+](C(C)C(C)CCCC)c4ccccc43)C2=O)c2ccccc21. The lowest BCUT2D eigenvalue weighted by Gasteiger charge is -2.26. The summed E-state index contributed by atoms with van der Waals surface area (Å²) in [5.41, 5.74) is 8.10. The van der Waals surface area contributed by atoms with E-state index >= 15 is 0 Å². The fraction of sp³-hybridized carbons (Fsp3) is 0.474. The Kier molecular flexibility index (Phi) is 8.64. The number of carbonyl (C=O) groups excluding carboxylic acids is 1. The molecular weight excluding hydrogens is 516 g/mol. The van der Waals surface area contributed by atoms with Gasteiger partial charge in [-0.25, -0.2) is 0 Å². The van der Waals surface area contributed by atoms with E-state index in [1.807, 2.05) is 12.1 Å². The Morgan fingerprint density at radius 3 is 2.10 bits per heavy atom. The number of aliphatic hydroxyl groups excluding tert-OH is 1. The van der Waals surface area contributed by atoms with Crippen molar-refractivity contribution >= 4 is 39.2 Å². The molecule has 1 N–H and O–H groups in total. The van der Waals surface area contributed by atoms with Gasteiger partial charge in [0, 0.05) is 47.1 Å². The third-order valence-corrected chi connectivity index (χ3v) is 10.2. The van der Waals surface area contributed by atoms with E-state index in [9.17, 15) is 9.90 Å². The zero-order valence-electron chi connectivity index (χ0n) is 26.9. The maximum atomic E-state index is 14.2. The summed E-state index contributed by atoms with van der Waals surface area (Å²) in [6, 6.07) is 17.3. The highest BCUT2D eigenvalue weighted by Gasteiger charge is 2.46. The molecule has 0 bridgehead atoms. The van der Waals surface area contributed by atoms with Gasteiger partial charge in [-0.2, -0.15) is 4.58 Å². The van der Waals surface area contributed by atoms with Crippen molar-refractivity contribution in [3.8, 4) is 0 Å². The number of hydrogen-bond donors (Lipinski definition) is 1. The van der Waals surface area contributed by atoms with Crippen LogP contribution in [0, 0.1) is 18.8 Å². The van der Waals surface area contributed by atoms with Crippen LogP contribution >= 0.6 is 0 Å². The van der Waals surface area contributed by atoms with Crippen LogP contribution in [0.3, 0.4) is 0 Å². The van der Waals surface area contributed by atoms with Crippen LogP contribution in [0.1, 0.15) is 110 Å². The normalized spacial score (nSPS) is 19.8. The molecule has 42 heavy (non-hydrogen) atoms. The van der Waals surface area contributed by atoms with Gasteiger partial charge >= 0.3 is 0 Å². The summed E-state index contributed by atoms with van der Waals surface area (Å²) in [5, 5.41) is 12.8. The highest BCUT2D eigenvalue weighted by atomic mass is 16.3. The summed E-state index contributed by atoms with van der Waals surface area (Å²) in [6.07, 6.45) is 7.14. The number of nitrogens with zero attached hydrogens (tertiary/aromatic N) is 2. The number of unbranched alkanes of at least 4 members (excludes halogenated alkanes) is 2. The number of fused-ring (bicyclic) bond motifs is 2. The molecule has 0 spiro atoms. The minimum Gasteiger partial charge on any atom is -0.506 e. The van der Waals surface area contributed by atoms with Crippen LogP contribution in [-0.4, -0.2) is 31.8 Å². The second-order valence-electron chi connectivity index (χ2n) is 12.8. The molecule has 1 aliphatic heterocycles. The Hall–Kier alpha value is -3.40. The zero-order chi connectivity index (χ0) is 30.3. The summed E-state index contributed by atoms with van der Waals surface area (Å²) in [5.74, 6) is 1.09. The van der Waals surface area contributed by atoms with Gasteiger partial charge in [-0.1, -0.05) is 83.7 Å². The molecule has 1 aliphatic carbocycles. The fourth-order valence-corrected chi connectivity index (χ4v) is 7.37. The lowest BCUT2D eigenvalue weighted by atomic mass is 9.78. The molecule has 0 fully saturated rings. The number of ketones is 1. The van der Waals surface area contributed by atoms with Crippen molar-refractivity contribution in [1.29, 1.82) is 0 Å². The molecule has 0 radical (unpaired) electrons. The molecule has 4 unspecified atom stereocenters. The Morgan fingerprint density at radius 1 is 0.810 bits per heavy atom. The molecule has 3 aromatic rings. The van der Waals surface area contributed by atoms with Crippen molar-refractivity contribution in [2.75, 3.05) is 0 Å². The number of rotatable bonds is 11. The van der Waals surface area contributed by atoms with Gasteiger partial charge in [0.25, 0.3) is 0 Å². The monoisotopic (exact) mass is 565 g/mol. The minimum atomic E-state index is -0.0529. The number of para-hydroxylation sites is 2. The third-order valence-electron chi connectivity index (χ3n) is 10.2. The Balaban J connectivity index is 1.65. The number of aromatic nitrogens is 1. The Labute approximate surface area is 252 Å². The molecule has 222 valence electrons. The van der Waals surface area contributed by atoms with Gasteiger partial charge in [0.1, 0.15) is 5.76 Å². The average Bonchev–Trinajstić information content (AvgIpc) is 3.44. The first-order valence-electron chi connectivity index (χ1n) is 16.2. The summed E-state index contributed by atoms with van der Waals surface area (Å²) >= 11 is 0. The molecule has 2 heterocycles. The predicted molar refractivity (Wildman–Crippen MR) is 177 cm³/mol. The number of allylic oxidation sites excluding steroid dienone is 3. The maximum absolute atomic E-state index is 14.2. The van der Waals surface area contributed by atoms with Crippen LogP contribution in [0.15, 0.2) is 59.9 Å². The number of carbonyl (C=O) groups is 1. The van der Waals surface area contributed by atoms with E-state index in [1.165, 1.54) is 38.5 Å². The first kappa shape index (κ1) is 30.1. The second kappa shape index (κ2) is 12.1. The highest BCUT2D eigenvalue weighted by molar-refractivity contribution is 6.47. The number of benzene rings is 2. The topological polar surface area (TPSA) is 45.2 Å². The van der Waals surface area contributed by atoms with Crippen molar-refractivity contribution < 1.29 is 14.5 Å². The van der Waals surface area contributed by atoms with Crippen LogP contribution in [0.25, 0.3) is 22.0 Å². The largest absolute Gasteiger partial charge is 0.506 e. The Morgan fingerprint density at radius 2 is 1.43 bits per heavy atom. The quantitative estimate of drug-likeness (QED) is 0.186. The van der Waals surface area contributed by atoms with Gasteiger partial charge in [0.05, 0.1) is 22.3 Å². The fourth-order valence-electron chi connectivity index (χ4n) is 7.37. The third kappa shape index (κ3) is 4.77. The summed E-state index contributed by atoms with van der Waals surface area (Å²) in [6.45, 7) is 17.9. The van der Waals surface area contributed by atoms with E-state index < -0.39 is 0 Å². The molecule has 2 aliphatic rings. The molecular formula is C38H49N2O2+. The first-order valence-corrected chi connectivity index (χ1v) is 16.2. The molecule has 0 saturated heterocycles. The van der Waals surface area contributed by atoms with Gasteiger partial charge in [0.2, 0.25) is 11.5 Å². The standard InChI is InChI=1S/C38H48N2O2/c1-9-11-17-23(3)25(5)39-27(7)33(29-19-13-15-21-31(29)39)35-37(41)36(38(35)42)34-28(8)40(26(6)24(4)18-12-10-2)32-22-16-14-20-30(32)34/h13-16,19-26H,9-12,17-18H2,1-8H3/p+1. The van der Waals surface area contributed by atoms with Crippen LogP contribution in [0.2, 0.25) is 0 Å². The molecule has 0 saturated carbocycles. The lowest BCUT2D eigenvalue weighted by molar-refractivity contribution is -0.487. The van der Waals surface area contributed by atoms with Gasteiger partial charge in [-0.05, 0) is 51.7 Å². The van der Waals surface area contributed by atoms with Crippen LogP contribution < -0.4 is 0 Å². The van der Waals surface area contributed by atoms with Gasteiger partial charge in [-0.15, -0.1) is 0 Å². The molecule has 4 heteroatoms. The lowest BCUT2D eigenvalue weighted by Crippen LogP contribution is -2.29. The van der Waals surface area contributed by atoms with Gasteiger partial charge in [-0.3, -0.25) is 4.79 Å². The molecule has 0 amide bonds. The smallest absolute Gasteiger partial charge is 0.213 e. The molecule has 4 atom stereocenters. The first-order chi connectivity index (χ1) is 20.1. The van der Waals surface area contributed by atoms with E-state index in [0.717, 1.165) is 44.7 Å². The van der Waals surface area contributed by atoms with Crippen molar-refractivity contribution in [3.63, 3.8) is 0 Å². The summed E-state index contributed by atoms with van der Waals surface area (Å²) in [4.78, 5) is 14.2. The van der Waals surface area contributed by atoms with Gasteiger partial charge < -0.3 is 9.67 Å². The Bertz CT molecular complexity index is 1610. The molecule has 1 aromatic heterocycles. The molecule has 5 rings (SSSR count). The molecule has 2 aromatic carbocycles. The summed E-state index contributed by atoms with van der Waals surface area (Å²) < 4.78 is 4.79. The maximum Gasteiger partial charge on any atom is 0.213 e. The summed E-state index contributed by atoms with van der Waals surface area (Å²) in [7, 11) is 0. The van der Waals surface area contributed by atoms with Crippen LogP contribution in [-0.2, 0) is 4.79 Å². The second-order valence-corrected chi connectivity index (χ2v) is 12.8. The van der Waals surface area contributed by atoms with Gasteiger partial charge in [0.15, 0.2) is 11.8 Å². The van der Waals surface area contributed by atoms with E-state index in [-0.39, 0.29) is 23.6 Å². The number of Topliss-reactive ketones (excluding diaryl/α,β-unsaturated/α-hetero) is 1. The van der Waals surface area contributed by atoms with E-state index in [4.69, 9.17) is 0 Å². The minimum absolute atomic E-state index is 0.0529. The zero-order valence-corrected chi connectivity index (χ0v) is 26.9. The van der Waals surface area contributed by atoms with Crippen LogP contribution in [0.5, 0.6) is 0 Å². The van der Waals surface area contributed by atoms with E-state index in [0.29, 0.717) is 23.0 Å². The van der Waals surface area contributed by atoms with Crippen molar-refractivity contribution in [2.24, 2.45) is 11.8 Å². The van der Waals surface area contributed by atoms with E-state index in [1.54, 1.807) is 0 Å². The predicted octanol–water partition coefficient (Wildman–Crippen LogP) is 9.98. The van der Waals surface area contributed by atoms with Crippen molar-refractivity contribution in [2.45, 2.75) is 106 Å². The van der Waals surface area contributed by atoms with Crippen molar-refractivity contribution in [1.82, 2.24) is 4.57 Å². The number of hydrogen-bond acceptors (Lipinski definition) is 2. The van der Waals surface area contributed by atoms with Crippen LogP contribution in [0.4, 0.5) is 5.69 Å². The highest BCUT2D eigenvalue weighted by Crippen LogP contribution is 2.48. The van der Waals surface area contributed by atoms with E-state index in [2.05, 4.69) is 101 Å². The number of aliphatic hydroxyl groups is 1. The molecule has 4 nitrogen and oxygen atoms in total. The average molecular weight is 566 g/mol.